The lowest BCUT2D eigenvalue weighted by atomic mass is 9.92. The summed E-state index contributed by atoms with van der Waals surface area (Å²) < 4.78 is 15.8. The summed E-state index contributed by atoms with van der Waals surface area (Å²) in [5.74, 6) is 0.491. The minimum atomic E-state index is -0.252. The number of ether oxygens (including phenoxy) is 3. The van der Waals surface area contributed by atoms with Crippen LogP contribution in [0, 0.1) is 11.8 Å². The first-order valence-electron chi connectivity index (χ1n) is 6.14. The van der Waals surface area contributed by atoms with Crippen LogP contribution in [-0.4, -0.2) is 32.9 Å². The molecule has 98 valence electrons. The molecular weight excluding hydrogens is 232 g/mol. The number of para-hydroxylation sites is 1. The third-order valence-corrected chi connectivity index (χ3v) is 3.21. The topological polar surface area (TPSA) is 44.8 Å². The second-order valence-corrected chi connectivity index (χ2v) is 4.38. The summed E-state index contributed by atoms with van der Waals surface area (Å²) in [5, 5.41) is 0. The van der Waals surface area contributed by atoms with Crippen molar-refractivity contribution in [3.63, 3.8) is 0 Å². The molecule has 1 aliphatic rings. The molecule has 4 heteroatoms. The van der Waals surface area contributed by atoms with E-state index in [1.165, 1.54) is 7.11 Å². The first kappa shape index (κ1) is 12.9. The third-order valence-electron chi connectivity index (χ3n) is 3.21. The molecule has 1 aliphatic heterocycles. The molecule has 2 atom stereocenters. The van der Waals surface area contributed by atoms with Crippen molar-refractivity contribution in [2.45, 2.75) is 6.42 Å². The fraction of sp³-hybridized carbons (Fsp3) is 0.500. The van der Waals surface area contributed by atoms with Crippen molar-refractivity contribution >= 4 is 5.97 Å². The molecular formula is C14H18O4. The molecule has 0 amide bonds. The number of carbonyl (C=O) groups excluding carboxylic acids is 1. The number of esters is 1. The Balaban J connectivity index is 1.94. The van der Waals surface area contributed by atoms with E-state index in [9.17, 15) is 4.79 Å². The summed E-state index contributed by atoms with van der Waals surface area (Å²) in [5.41, 5.74) is 0. The Kier molecular flexibility index (Phi) is 4.59. The quantitative estimate of drug-likeness (QED) is 0.749. The third kappa shape index (κ3) is 3.23. The Bertz CT molecular complexity index is 371. The van der Waals surface area contributed by atoms with Gasteiger partial charge in [0, 0.05) is 12.5 Å². The van der Waals surface area contributed by atoms with Gasteiger partial charge in [-0.1, -0.05) is 18.2 Å². The highest BCUT2D eigenvalue weighted by Crippen LogP contribution is 2.24. The maximum Gasteiger partial charge on any atom is 0.312 e. The van der Waals surface area contributed by atoms with Gasteiger partial charge >= 0.3 is 5.97 Å². The largest absolute Gasteiger partial charge is 0.493 e. The molecule has 4 nitrogen and oxygen atoms in total. The zero-order valence-corrected chi connectivity index (χ0v) is 10.5. The molecule has 1 aromatic carbocycles. The Hall–Kier alpha value is -1.55. The smallest absolute Gasteiger partial charge is 0.312 e. The Morgan fingerprint density at radius 2 is 2.22 bits per heavy atom. The van der Waals surface area contributed by atoms with E-state index in [4.69, 9.17) is 14.2 Å². The average molecular weight is 250 g/mol. The summed E-state index contributed by atoms with van der Waals surface area (Å²) in [4.78, 5) is 11.8. The molecule has 0 N–H and O–H groups in total. The van der Waals surface area contributed by atoms with Crippen molar-refractivity contribution in [3.05, 3.63) is 30.3 Å². The number of methoxy groups -OCH3 is 1. The first-order valence-corrected chi connectivity index (χ1v) is 6.14. The van der Waals surface area contributed by atoms with Gasteiger partial charge in [0.15, 0.2) is 0 Å². The molecule has 0 aliphatic carbocycles. The second kappa shape index (κ2) is 6.40. The number of hydrogen-bond donors (Lipinski definition) is 0. The lowest BCUT2D eigenvalue weighted by Gasteiger charge is -2.20. The number of carbonyl (C=O) groups is 1. The van der Waals surface area contributed by atoms with Crippen LogP contribution in [-0.2, 0) is 14.3 Å². The van der Waals surface area contributed by atoms with Crippen molar-refractivity contribution in [1.29, 1.82) is 0 Å². The van der Waals surface area contributed by atoms with Gasteiger partial charge in [0.2, 0.25) is 0 Å². The molecule has 1 saturated heterocycles. The number of benzene rings is 1. The average Bonchev–Trinajstić information content (AvgIpc) is 2.94. The van der Waals surface area contributed by atoms with Crippen molar-refractivity contribution in [3.8, 4) is 5.75 Å². The van der Waals surface area contributed by atoms with Gasteiger partial charge in [0.25, 0.3) is 0 Å². The van der Waals surface area contributed by atoms with Crippen molar-refractivity contribution in [2.75, 3.05) is 26.9 Å². The van der Waals surface area contributed by atoms with Gasteiger partial charge in [0.1, 0.15) is 12.4 Å². The van der Waals surface area contributed by atoms with Gasteiger partial charge in [0.05, 0.1) is 19.6 Å². The zero-order chi connectivity index (χ0) is 12.8. The van der Waals surface area contributed by atoms with Crippen LogP contribution in [0.15, 0.2) is 30.3 Å². The predicted molar refractivity (Wildman–Crippen MR) is 66.4 cm³/mol. The molecule has 1 fully saturated rings. The first-order chi connectivity index (χ1) is 8.81. The standard InChI is InChI=1S/C14H18O4/c1-16-14(15)13(11-7-8-17-9-11)10-18-12-5-3-2-4-6-12/h2-6,11,13H,7-10H2,1H3. The highest BCUT2D eigenvalue weighted by molar-refractivity contribution is 5.72. The summed E-state index contributed by atoms with van der Waals surface area (Å²) in [6, 6.07) is 9.48. The van der Waals surface area contributed by atoms with Crippen molar-refractivity contribution in [1.82, 2.24) is 0 Å². The molecule has 1 heterocycles. The molecule has 1 aromatic rings. The molecule has 18 heavy (non-hydrogen) atoms. The Morgan fingerprint density at radius 3 is 2.83 bits per heavy atom. The Morgan fingerprint density at radius 1 is 1.44 bits per heavy atom. The van der Waals surface area contributed by atoms with E-state index in [0.717, 1.165) is 12.2 Å². The zero-order valence-electron chi connectivity index (χ0n) is 10.5. The Labute approximate surface area is 107 Å². The fourth-order valence-electron chi connectivity index (χ4n) is 2.12. The van der Waals surface area contributed by atoms with Crippen LogP contribution in [0.25, 0.3) is 0 Å². The van der Waals surface area contributed by atoms with Crippen molar-refractivity contribution in [2.24, 2.45) is 11.8 Å². The van der Waals surface area contributed by atoms with E-state index in [2.05, 4.69) is 0 Å². The van der Waals surface area contributed by atoms with Gasteiger partial charge in [-0.3, -0.25) is 4.79 Å². The van der Waals surface area contributed by atoms with Crippen LogP contribution < -0.4 is 4.74 Å². The van der Waals surface area contributed by atoms with Gasteiger partial charge < -0.3 is 14.2 Å². The molecule has 0 bridgehead atoms. The van der Waals surface area contributed by atoms with Crippen LogP contribution in [0.2, 0.25) is 0 Å². The van der Waals surface area contributed by atoms with E-state index in [-0.39, 0.29) is 17.8 Å². The summed E-state index contributed by atoms with van der Waals surface area (Å²) in [6.07, 6.45) is 0.887. The lowest BCUT2D eigenvalue weighted by molar-refractivity contribution is -0.148. The highest BCUT2D eigenvalue weighted by atomic mass is 16.5. The normalized spacial score (nSPS) is 20.4. The van der Waals surface area contributed by atoms with Crippen LogP contribution in [0.1, 0.15) is 6.42 Å². The van der Waals surface area contributed by atoms with E-state index in [1.54, 1.807) is 0 Å². The molecule has 0 saturated carbocycles. The number of rotatable bonds is 5. The summed E-state index contributed by atoms with van der Waals surface area (Å²) in [7, 11) is 1.41. The van der Waals surface area contributed by atoms with Gasteiger partial charge in [-0.05, 0) is 18.6 Å². The minimum absolute atomic E-state index is 0.196. The second-order valence-electron chi connectivity index (χ2n) is 4.38. The lowest BCUT2D eigenvalue weighted by Crippen LogP contribution is -2.31. The van der Waals surface area contributed by atoms with Crippen molar-refractivity contribution < 1.29 is 19.0 Å². The van der Waals surface area contributed by atoms with Crippen LogP contribution in [0.3, 0.4) is 0 Å². The number of hydrogen-bond acceptors (Lipinski definition) is 4. The minimum Gasteiger partial charge on any atom is -0.493 e. The predicted octanol–water partition coefficient (Wildman–Crippen LogP) is 1.89. The fourth-order valence-corrected chi connectivity index (χ4v) is 2.12. The molecule has 2 rings (SSSR count). The maximum atomic E-state index is 11.8. The van der Waals surface area contributed by atoms with Crippen LogP contribution >= 0.6 is 0 Å². The van der Waals surface area contributed by atoms with Gasteiger partial charge in [-0.25, -0.2) is 0 Å². The van der Waals surface area contributed by atoms with E-state index >= 15 is 0 Å². The SMILES string of the molecule is COC(=O)C(COc1ccccc1)C1CCOC1. The molecule has 0 radical (unpaired) electrons. The van der Waals surface area contributed by atoms with E-state index in [0.29, 0.717) is 19.8 Å². The molecule has 0 spiro atoms. The van der Waals surface area contributed by atoms with Gasteiger partial charge in [-0.15, -0.1) is 0 Å². The monoisotopic (exact) mass is 250 g/mol. The van der Waals surface area contributed by atoms with E-state index in [1.807, 2.05) is 30.3 Å². The van der Waals surface area contributed by atoms with E-state index < -0.39 is 0 Å². The van der Waals surface area contributed by atoms with Crippen LogP contribution in [0.4, 0.5) is 0 Å². The summed E-state index contributed by atoms with van der Waals surface area (Å²) in [6.45, 7) is 1.66. The summed E-state index contributed by atoms with van der Waals surface area (Å²) >= 11 is 0. The maximum absolute atomic E-state index is 11.8. The highest BCUT2D eigenvalue weighted by Gasteiger charge is 2.32. The molecule has 2 unspecified atom stereocenters. The van der Waals surface area contributed by atoms with Crippen LogP contribution in [0.5, 0.6) is 5.75 Å². The van der Waals surface area contributed by atoms with Gasteiger partial charge in [-0.2, -0.15) is 0 Å². The molecule has 0 aromatic heterocycles.